The topological polar surface area (TPSA) is 19.0 Å². The largest absolute Gasteiger partial charge is 0.361 e. The maximum Gasteiger partial charge on any atom is 0.0457 e. The molecule has 24 heavy (non-hydrogen) atoms. The summed E-state index contributed by atoms with van der Waals surface area (Å²) < 4.78 is 0. The van der Waals surface area contributed by atoms with Crippen LogP contribution >= 0.6 is 0 Å². The van der Waals surface area contributed by atoms with Gasteiger partial charge in [0.15, 0.2) is 0 Å². The van der Waals surface area contributed by atoms with Crippen molar-refractivity contribution in [3.05, 3.63) is 71.4 Å². The lowest BCUT2D eigenvalue weighted by Gasteiger charge is -2.42. The van der Waals surface area contributed by atoms with Crippen LogP contribution < -0.4 is 0 Å². The summed E-state index contributed by atoms with van der Waals surface area (Å²) in [5, 5.41) is 1.31. The van der Waals surface area contributed by atoms with Crippen LogP contribution in [-0.2, 0) is 19.4 Å². The Morgan fingerprint density at radius 1 is 0.958 bits per heavy atom. The number of fused-ring (bicyclic) bond motifs is 3. The first kappa shape index (κ1) is 14.3. The molecule has 122 valence electrons. The highest BCUT2D eigenvalue weighted by atomic mass is 15.2. The summed E-state index contributed by atoms with van der Waals surface area (Å²) in [5.41, 5.74) is 5.87. The molecule has 2 atom stereocenters. The summed E-state index contributed by atoms with van der Waals surface area (Å²) in [7, 11) is 0. The molecule has 1 fully saturated rings. The molecule has 2 aliphatic heterocycles. The van der Waals surface area contributed by atoms with Crippen molar-refractivity contribution in [1.29, 1.82) is 0 Å². The fourth-order valence-corrected chi connectivity index (χ4v) is 4.72. The molecule has 3 heterocycles. The second-order valence-corrected chi connectivity index (χ2v) is 7.60. The second kappa shape index (κ2) is 5.78. The van der Waals surface area contributed by atoms with Gasteiger partial charge in [0.05, 0.1) is 0 Å². The fourth-order valence-electron chi connectivity index (χ4n) is 4.72. The van der Waals surface area contributed by atoms with E-state index in [1.807, 2.05) is 6.20 Å². The van der Waals surface area contributed by atoms with E-state index in [0.717, 1.165) is 12.5 Å². The standard InChI is InChI=1S/C22H24N2/c1-2-4-20-13-21-8-6-16(11-19(20)3-1)14-24(21)15-17-5-7-18-9-10-23-22(18)12-17/h1-5,7,9-10,12,16,21,23H,6,8,11,13-15H2/t16-,21-/m1/s1. The van der Waals surface area contributed by atoms with E-state index in [0.29, 0.717) is 6.04 Å². The predicted molar refractivity (Wildman–Crippen MR) is 99.1 cm³/mol. The van der Waals surface area contributed by atoms with E-state index in [1.54, 1.807) is 11.1 Å². The smallest absolute Gasteiger partial charge is 0.0457 e. The average molecular weight is 316 g/mol. The number of hydrogen-bond acceptors (Lipinski definition) is 1. The van der Waals surface area contributed by atoms with E-state index < -0.39 is 0 Å². The van der Waals surface area contributed by atoms with Gasteiger partial charge in [-0.3, -0.25) is 4.90 Å². The van der Waals surface area contributed by atoms with Crippen molar-refractivity contribution in [2.45, 2.75) is 38.3 Å². The van der Waals surface area contributed by atoms with Crippen LogP contribution in [-0.4, -0.2) is 22.5 Å². The molecule has 0 amide bonds. The summed E-state index contributed by atoms with van der Waals surface area (Å²) in [6.07, 6.45) is 7.25. The van der Waals surface area contributed by atoms with Crippen LogP contribution in [0.5, 0.6) is 0 Å². The van der Waals surface area contributed by atoms with Gasteiger partial charge in [-0.2, -0.15) is 0 Å². The van der Waals surface area contributed by atoms with Gasteiger partial charge in [0.25, 0.3) is 0 Å². The van der Waals surface area contributed by atoms with E-state index in [9.17, 15) is 0 Å². The number of H-pyrrole nitrogens is 1. The molecule has 1 saturated heterocycles. The molecule has 1 N–H and O–H groups in total. The molecular formula is C22H24N2. The van der Waals surface area contributed by atoms with E-state index >= 15 is 0 Å². The lowest BCUT2D eigenvalue weighted by Crippen LogP contribution is -2.46. The Bertz CT molecular complexity index is 863. The average Bonchev–Trinajstić information content (AvgIpc) is 3.03. The van der Waals surface area contributed by atoms with Crippen molar-refractivity contribution >= 4 is 10.9 Å². The summed E-state index contributed by atoms with van der Waals surface area (Å²) in [6.45, 7) is 2.33. The Balaban J connectivity index is 1.42. The van der Waals surface area contributed by atoms with E-state index in [-0.39, 0.29) is 0 Å². The van der Waals surface area contributed by atoms with E-state index in [1.165, 1.54) is 48.7 Å². The highest BCUT2D eigenvalue weighted by Crippen LogP contribution is 2.33. The molecule has 0 spiro atoms. The van der Waals surface area contributed by atoms with E-state index in [4.69, 9.17) is 0 Å². The van der Waals surface area contributed by atoms with Crippen LogP contribution in [0.15, 0.2) is 54.7 Å². The van der Waals surface area contributed by atoms with Gasteiger partial charge in [0, 0.05) is 30.8 Å². The zero-order valence-corrected chi connectivity index (χ0v) is 14.0. The number of aromatic amines is 1. The van der Waals surface area contributed by atoms with Crippen molar-refractivity contribution in [2.75, 3.05) is 6.54 Å². The molecule has 0 saturated carbocycles. The van der Waals surface area contributed by atoms with Crippen molar-refractivity contribution in [3.8, 4) is 0 Å². The monoisotopic (exact) mass is 316 g/mol. The van der Waals surface area contributed by atoms with Crippen molar-refractivity contribution in [1.82, 2.24) is 9.88 Å². The molecule has 0 radical (unpaired) electrons. The Morgan fingerprint density at radius 2 is 1.83 bits per heavy atom. The first-order valence-corrected chi connectivity index (χ1v) is 9.22. The quantitative estimate of drug-likeness (QED) is 0.735. The lowest BCUT2D eigenvalue weighted by atomic mass is 9.80. The second-order valence-electron chi connectivity index (χ2n) is 7.60. The molecule has 1 aliphatic carbocycles. The molecule has 2 aromatic carbocycles. The van der Waals surface area contributed by atoms with Crippen LogP contribution in [0.2, 0.25) is 0 Å². The number of piperidine rings is 1. The van der Waals surface area contributed by atoms with Crippen LogP contribution in [0.4, 0.5) is 0 Å². The van der Waals surface area contributed by atoms with Gasteiger partial charge >= 0.3 is 0 Å². The molecule has 2 bridgehead atoms. The number of rotatable bonds is 2. The number of aromatic nitrogens is 1. The highest BCUT2D eigenvalue weighted by molar-refractivity contribution is 5.79. The third-order valence-electron chi connectivity index (χ3n) is 6.00. The zero-order chi connectivity index (χ0) is 15.9. The Labute approximate surface area is 143 Å². The normalized spacial score (nSPS) is 23.8. The summed E-state index contributed by atoms with van der Waals surface area (Å²) in [6, 6.07) is 18.8. The predicted octanol–water partition coefficient (Wildman–Crippen LogP) is 4.55. The third-order valence-corrected chi connectivity index (χ3v) is 6.00. The zero-order valence-electron chi connectivity index (χ0n) is 14.0. The molecule has 2 heteroatoms. The van der Waals surface area contributed by atoms with Gasteiger partial charge in [0.1, 0.15) is 0 Å². The number of benzene rings is 2. The summed E-state index contributed by atoms with van der Waals surface area (Å²) in [4.78, 5) is 6.09. The molecule has 0 unspecified atom stereocenters. The van der Waals surface area contributed by atoms with Gasteiger partial charge in [-0.05, 0) is 65.8 Å². The van der Waals surface area contributed by atoms with Crippen molar-refractivity contribution < 1.29 is 0 Å². The van der Waals surface area contributed by atoms with Gasteiger partial charge in [0.2, 0.25) is 0 Å². The number of nitrogens with one attached hydrogen (secondary N) is 1. The summed E-state index contributed by atoms with van der Waals surface area (Å²) in [5.74, 6) is 0.817. The molecule has 1 aromatic heterocycles. The van der Waals surface area contributed by atoms with Gasteiger partial charge < -0.3 is 4.98 Å². The highest BCUT2D eigenvalue weighted by Gasteiger charge is 2.31. The van der Waals surface area contributed by atoms with Crippen molar-refractivity contribution in [3.63, 3.8) is 0 Å². The molecular weight excluding hydrogens is 292 g/mol. The molecule has 6 rings (SSSR count). The minimum Gasteiger partial charge on any atom is -0.361 e. The SMILES string of the molecule is c1ccc2c(c1)C[C@H]1CC[C@H](C2)N(Cc2ccc3cc[nH]c3c2)C1. The van der Waals surface area contributed by atoms with Crippen LogP contribution in [0.3, 0.4) is 0 Å². The maximum atomic E-state index is 3.35. The van der Waals surface area contributed by atoms with Gasteiger partial charge in [-0.1, -0.05) is 36.4 Å². The number of nitrogens with zero attached hydrogens (tertiary/aromatic N) is 1. The minimum atomic E-state index is 0.696. The Kier molecular flexibility index (Phi) is 3.45. The molecule has 3 aliphatic rings. The molecule has 3 aromatic rings. The third kappa shape index (κ3) is 2.55. The van der Waals surface area contributed by atoms with E-state index in [2.05, 4.69) is 58.4 Å². The summed E-state index contributed by atoms with van der Waals surface area (Å²) >= 11 is 0. The Hall–Kier alpha value is -2.06. The first-order valence-electron chi connectivity index (χ1n) is 9.22. The van der Waals surface area contributed by atoms with Crippen molar-refractivity contribution in [2.24, 2.45) is 5.92 Å². The molecule has 2 nitrogen and oxygen atoms in total. The fraction of sp³-hybridized carbons (Fsp3) is 0.364. The lowest BCUT2D eigenvalue weighted by molar-refractivity contribution is 0.0938. The minimum absolute atomic E-state index is 0.696. The van der Waals surface area contributed by atoms with Crippen LogP contribution in [0.1, 0.15) is 29.5 Å². The number of hydrogen-bond donors (Lipinski definition) is 1. The first-order chi connectivity index (χ1) is 11.8. The maximum absolute atomic E-state index is 3.35. The van der Waals surface area contributed by atoms with Gasteiger partial charge in [-0.15, -0.1) is 0 Å². The van der Waals surface area contributed by atoms with Crippen LogP contribution in [0, 0.1) is 5.92 Å². The van der Waals surface area contributed by atoms with Crippen LogP contribution in [0.25, 0.3) is 10.9 Å². The Morgan fingerprint density at radius 3 is 2.75 bits per heavy atom. The van der Waals surface area contributed by atoms with Gasteiger partial charge in [-0.25, -0.2) is 0 Å².